The average Bonchev–Trinajstić information content (AvgIpc) is 2.43. The van der Waals surface area contributed by atoms with Crippen LogP contribution in [0.3, 0.4) is 0 Å². The van der Waals surface area contributed by atoms with E-state index in [9.17, 15) is 0 Å². The maximum Gasteiger partial charge on any atom is 0.141 e. The largest absolute Gasteiger partial charge is 0.409 e. The summed E-state index contributed by atoms with van der Waals surface area (Å²) in [6.07, 6.45) is 3.92. The highest BCUT2D eigenvalue weighted by molar-refractivity contribution is 5.80. The molecule has 104 valence electrons. The fraction of sp³-hybridized carbons (Fsp3) is 0.533. The molecule has 0 fully saturated rings. The van der Waals surface area contributed by atoms with E-state index >= 15 is 0 Å². The van der Waals surface area contributed by atoms with E-state index < -0.39 is 0 Å². The minimum absolute atomic E-state index is 0.303. The maximum atomic E-state index is 8.75. The van der Waals surface area contributed by atoms with Gasteiger partial charge in [0, 0.05) is 24.7 Å². The Morgan fingerprint density at radius 1 is 1.53 bits per heavy atom. The Labute approximate surface area is 114 Å². The van der Waals surface area contributed by atoms with E-state index in [1.807, 2.05) is 0 Å². The van der Waals surface area contributed by atoms with Crippen LogP contribution in [-0.4, -0.2) is 23.6 Å². The topological polar surface area (TPSA) is 61.9 Å². The number of rotatable bonds is 4. The van der Waals surface area contributed by atoms with E-state index in [1.54, 1.807) is 0 Å². The summed E-state index contributed by atoms with van der Waals surface area (Å²) in [6, 6.07) is 6.95. The Balaban J connectivity index is 2.26. The number of nitrogens with zero attached hydrogens (tertiary/aromatic N) is 2. The van der Waals surface area contributed by atoms with Crippen LogP contribution in [0.2, 0.25) is 0 Å². The van der Waals surface area contributed by atoms with Crippen molar-refractivity contribution < 1.29 is 5.21 Å². The minimum Gasteiger partial charge on any atom is -0.409 e. The van der Waals surface area contributed by atoms with Crippen LogP contribution in [0, 0.1) is 6.92 Å². The smallest absolute Gasteiger partial charge is 0.141 e. The average molecular weight is 261 g/mol. The molecule has 0 aromatic heterocycles. The number of hydrogen-bond acceptors (Lipinski definition) is 3. The Morgan fingerprint density at radius 2 is 2.32 bits per heavy atom. The lowest BCUT2D eigenvalue weighted by Crippen LogP contribution is -2.41. The first-order chi connectivity index (χ1) is 9.15. The first-order valence-corrected chi connectivity index (χ1v) is 6.98. The molecule has 0 bridgehead atoms. The molecule has 1 aliphatic heterocycles. The molecule has 4 heteroatoms. The second-order valence-corrected chi connectivity index (χ2v) is 5.29. The fourth-order valence-electron chi connectivity index (χ4n) is 2.89. The SMILES string of the molecule is CCC(C/C(N)=N/O)N1CCCc2cc(C)ccc21. The van der Waals surface area contributed by atoms with Crippen molar-refractivity contribution in [3.8, 4) is 0 Å². The molecule has 0 spiro atoms. The van der Waals surface area contributed by atoms with Gasteiger partial charge in [0.2, 0.25) is 0 Å². The summed E-state index contributed by atoms with van der Waals surface area (Å²) in [7, 11) is 0. The Kier molecular flexibility index (Phi) is 4.30. The van der Waals surface area contributed by atoms with Gasteiger partial charge in [-0.15, -0.1) is 0 Å². The van der Waals surface area contributed by atoms with E-state index in [4.69, 9.17) is 10.9 Å². The molecule has 19 heavy (non-hydrogen) atoms. The van der Waals surface area contributed by atoms with Crippen LogP contribution in [-0.2, 0) is 6.42 Å². The molecule has 0 amide bonds. The second-order valence-electron chi connectivity index (χ2n) is 5.29. The van der Waals surface area contributed by atoms with Gasteiger partial charge in [0.15, 0.2) is 0 Å². The summed E-state index contributed by atoms with van der Waals surface area (Å²) in [6.45, 7) is 5.33. The first-order valence-electron chi connectivity index (χ1n) is 6.98. The van der Waals surface area contributed by atoms with E-state index in [0.29, 0.717) is 18.3 Å². The number of hydrogen-bond donors (Lipinski definition) is 2. The lowest BCUT2D eigenvalue weighted by atomic mass is 9.96. The van der Waals surface area contributed by atoms with Crippen LogP contribution in [0.4, 0.5) is 5.69 Å². The highest BCUT2D eigenvalue weighted by Crippen LogP contribution is 2.31. The van der Waals surface area contributed by atoms with E-state index in [1.165, 1.54) is 23.2 Å². The number of anilines is 1. The minimum atomic E-state index is 0.303. The van der Waals surface area contributed by atoms with Crippen molar-refractivity contribution in [1.82, 2.24) is 0 Å². The Hall–Kier alpha value is -1.71. The molecule has 3 N–H and O–H groups in total. The fourth-order valence-corrected chi connectivity index (χ4v) is 2.89. The van der Waals surface area contributed by atoms with Gasteiger partial charge in [0.05, 0.1) is 0 Å². The summed E-state index contributed by atoms with van der Waals surface area (Å²) in [5.74, 6) is 0.311. The van der Waals surface area contributed by atoms with Crippen molar-refractivity contribution in [3.05, 3.63) is 29.3 Å². The summed E-state index contributed by atoms with van der Waals surface area (Å²) in [5.41, 5.74) is 9.72. The van der Waals surface area contributed by atoms with Gasteiger partial charge < -0.3 is 15.8 Å². The lowest BCUT2D eigenvalue weighted by Gasteiger charge is -2.37. The zero-order chi connectivity index (χ0) is 13.8. The van der Waals surface area contributed by atoms with Crippen molar-refractivity contribution in [3.63, 3.8) is 0 Å². The van der Waals surface area contributed by atoms with Gasteiger partial charge in [0.25, 0.3) is 0 Å². The van der Waals surface area contributed by atoms with Gasteiger partial charge >= 0.3 is 0 Å². The Bertz CT molecular complexity index is 470. The van der Waals surface area contributed by atoms with Crippen LogP contribution in [0.1, 0.15) is 37.3 Å². The van der Waals surface area contributed by atoms with Crippen LogP contribution in [0.25, 0.3) is 0 Å². The third-order valence-corrected chi connectivity index (χ3v) is 3.87. The molecular weight excluding hydrogens is 238 g/mol. The number of benzene rings is 1. The zero-order valence-electron chi connectivity index (χ0n) is 11.8. The van der Waals surface area contributed by atoms with Crippen LogP contribution in [0.15, 0.2) is 23.4 Å². The standard InChI is InChI=1S/C15H23N3O/c1-3-13(10-15(16)17-19)18-8-4-5-12-9-11(2)6-7-14(12)18/h6-7,9,13,19H,3-5,8,10H2,1-2H3,(H2,16,17). The predicted molar refractivity (Wildman–Crippen MR) is 79.0 cm³/mol. The molecule has 0 radical (unpaired) electrons. The third-order valence-electron chi connectivity index (χ3n) is 3.87. The number of aryl methyl sites for hydroxylation is 2. The maximum absolute atomic E-state index is 8.75. The van der Waals surface area contributed by atoms with Gasteiger partial charge in [-0.3, -0.25) is 0 Å². The van der Waals surface area contributed by atoms with Gasteiger partial charge in [-0.1, -0.05) is 29.8 Å². The van der Waals surface area contributed by atoms with E-state index in [2.05, 4.69) is 42.1 Å². The highest BCUT2D eigenvalue weighted by Gasteiger charge is 2.23. The van der Waals surface area contributed by atoms with Crippen LogP contribution >= 0.6 is 0 Å². The van der Waals surface area contributed by atoms with Crippen LogP contribution in [0.5, 0.6) is 0 Å². The monoisotopic (exact) mass is 261 g/mol. The van der Waals surface area contributed by atoms with Gasteiger partial charge in [-0.05, 0) is 37.8 Å². The molecule has 0 saturated heterocycles. The highest BCUT2D eigenvalue weighted by atomic mass is 16.4. The summed E-state index contributed by atoms with van der Waals surface area (Å²) in [4.78, 5) is 2.41. The predicted octanol–water partition coefficient (Wildman–Crippen LogP) is 2.66. The van der Waals surface area contributed by atoms with Crippen molar-refractivity contribution >= 4 is 11.5 Å². The number of fused-ring (bicyclic) bond motifs is 1. The molecule has 0 aliphatic carbocycles. The molecule has 0 saturated carbocycles. The quantitative estimate of drug-likeness (QED) is 0.379. The van der Waals surface area contributed by atoms with E-state index in [0.717, 1.165) is 19.4 Å². The number of nitrogens with two attached hydrogens (primary N) is 1. The molecule has 1 unspecified atom stereocenters. The normalized spacial score (nSPS) is 17.2. The summed E-state index contributed by atoms with van der Waals surface area (Å²) < 4.78 is 0. The Morgan fingerprint density at radius 3 is 3.00 bits per heavy atom. The zero-order valence-corrected chi connectivity index (χ0v) is 11.8. The number of amidine groups is 1. The van der Waals surface area contributed by atoms with Crippen molar-refractivity contribution in [1.29, 1.82) is 0 Å². The van der Waals surface area contributed by atoms with Crippen molar-refractivity contribution in [2.75, 3.05) is 11.4 Å². The van der Waals surface area contributed by atoms with Crippen molar-refractivity contribution in [2.24, 2.45) is 10.9 Å². The van der Waals surface area contributed by atoms with Gasteiger partial charge in [-0.25, -0.2) is 0 Å². The molecule has 1 heterocycles. The molecule has 1 atom stereocenters. The van der Waals surface area contributed by atoms with Gasteiger partial charge in [0.1, 0.15) is 5.84 Å². The molecule has 1 aliphatic rings. The lowest BCUT2D eigenvalue weighted by molar-refractivity contribution is 0.316. The molecule has 1 aromatic rings. The summed E-state index contributed by atoms with van der Waals surface area (Å²) >= 11 is 0. The summed E-state index contributed by atoms with van der Waals surface area (Å²) in [5, 5.41) is 11.9. The van der Waals surface area contributed by atoms with Crippen molar-refractivity contribution in [2.45, 2.75) is 45.6 Å². The van der Waals surface area contributed by atoms with E-state index in [-0.39, 0.29) is 0 Å². The first kappa shape index (κ1) is 13.7. The molecule has 1 aromatic carbocycles. The third kappa shape index (κ3) is 3.00. The van der Waals surface area contributed by atoms with Crippen LogP contribution < -0.4 is 10.6 Å². The molecular formula is C15H23N3O. The molecule has 2 rings (SSSR count). The second kappa shape index (κ2) is 5.95. The van der Waals surface area contributed by atoms with Gasteiger partial charge in [-0.2, -0.15) is 0 Å². The number of oxime groups is 1. The molecule has 4 nitrogen and oxygen atoms in total.